The van der Waals surface area contributed by atoms with Crippen LogP contribution in [0.1, 0.15) is 73.4 Å². The number of carbonyl (C=O) groups excluding carboxylic acids is 1. The quantitative estimate of drug-likeness (QED) is 0.420. The van der Waals surface area contributed by atoms with Crippen molar-refractivity contribution in [3.63, 3.8) is 0 Å². The molecule has 1 fully saturated rings. The molecule has 0 saturated heterocycles. The number of rotatable bonds is 1. The van der Waals surface area contributed by atoms with Crippen LogP contribution in [0.25, 0.3) is 0 Å². The summed E-state index contributed by atoms with van der Waals surface area (Å²) in [6.07, 6.45) is 9.17. The van der Waals surface area contributed by atoms with E-state index in [1.54, 1.807) is 25.1 Å². The van der Waals surface area contributed by atoms with Crippen LogP contribution in [0.2, 0.25) is 5.02 Å². The van der Waals surface area contributed by atoms with Crippen molar-refractivity contribution in [2.75, 3.05) is 18.0 Å². The first-order chi connectivity index (χ1) is 19.2. The van der Waals surface area contributed by atoms with Gasteiger partial charge in [0.1, 0.15) is 12.4 Å². The highest BCUT2D eigenvalue weighted by Crippen LogP contribution is 2.40. The van der Waals surface area contributed by atoms with Crippen LogP contribution in [0.15, 0.2) is 48.6 Å². The van der Waals surface area contributed by atoms with E-state index in [0.29, 0.717) is 42.1 Å². The van der Waals surface area contributed by atoms with Gasteiger partial charge in [-0.15, -0.1) is 0 Å². The lowest BCUT2D eigenvalue weighted by molar-refractivity contribution is 0.0981. The maximum Gasteiger partial charge on any atom is 0.264 e. The number of benzene rings is 2. The smallest absolute Gasteiger partial charge is 0.264 e. The zero-order chi connectivity index (χ0) is 28.3. The Kier molecular flexibility index (Phi) is 9.08. The molecule has 1 aliphatic carbocycles. The fourth-order valence-corrected chi connectivity index (χ4v) is 7.63. The van der Waals surface area contributed by atoms with E-state index < -0.39 is 27.3 Å². The number of nitrogens with zero attached hydrogens (tertiary/aromatic N) is 1. The van der Waals surface area contributed by atoms with Crippen molar-refractivity contribution in [2.24, 2.45) is 11.8 Å². The minimum Gasteiger partial charge on any atom is -0.487 e. The van der Waals surface area contributed by atoms with E-state index >= 15 is 0 Å². The summed E-state index contributed by atoms with van der Waals surface area (Å²) in [5.41, 5.74) is 3.35. The summed E-state index contributed by atoms with van der Waals surface area (Å²) < 4.78 is 34.9. The van der Waals surface area contributed by atoms with Gasteiger partial charge in [-0.25, -0.2) is 13.1 Å². The maximum absolute atomic E-state index is 13.3. The molecule has 7 nitrogen and oxygen atoms in total. The van der Waals surface area contributed by atoms with Crippen molar-refractivity contribution in [2.45, 2.75) is 76.3 Å². The van der Waals surface area contributed by atoms with Crippen LogP contribution in [-0.4, -0.2) is 43.9 Å². The van der Waals surface area contributed by atoms with Gasteiger partial charge in [0.05, 0.1) is 17.0 Å². The fraction of sp³-hybridized carbons (Fsp3) is 0.516. The summed E-state index contributed by atoms with van der Waals surface area (Å²) in [4.78, 5) is 15.6. The van der Waals surface area contributed by atoms with Gasteiger partial charge in [-0.1, -0.05) is 36.7 Å². The average Bonchev–Trinajstić information content (AvgIpc) is 2.93. The molecule has 2 heterocycles. The molecule has 40 heavy (non-hydrogen) atoms. The summed E-state index contributed by atoms with van der Waals surface area (Å²) in [5.74, 6) is 0.793. The second-order valence-corrected chi connectivity index (χ2v) is 13.7. The van der Waals surface area contributed by atoms with Gasteiger partial charge in [-0.2, -0.15) is 0 Å². The molecule has 0 spiro atoms. The number of ether oxygens (including phenoxy) is 1. The van der Waals surface area contributed by atoms with Crippen LogP contribution < -0.4 is 14.4 Å². The van der Waals surface area contributed by atoms with Gasteiger partial charge in [0.2, 0.25) is 10.0 Å². The van der Waals surface area contributed by atoms with Gasteiger partial charge >= 0.3 is 0 Å². The van der Waals surface area contributed by atoms with Crippen molar-refractivity contribution in [1.82, 2.24) is 4.72 Å². The third kappa shape index (κ3) is 6.67. The minimum absolute atomic E-state index is 0.275. The Morgan fingerprint density at radius 1 is 1.05 bits per heavy atom. The molecule has 4 atom stereocenters. The summed E-state index contributed by atoms with van der Waals surface area (Å²) in [6, 6.07) is 11.1. The number of hydrogen-bond acceptors (Lipinski definition) is 6. The lowest BCUT2D eigenvalue weighted by Crippen LogP contribution is -2.40. The molecular weight excluding hydrogens is 548 g/mol. The minimum atomic E-state index is -3.92. The number of allylic oxidation sites excluding steroid dienone is 1. The molecule has 0 aromatic heterocycles. The third-order valence-electron chi connectivity index (χ3n) is 8.66. The number of halogens is 1. The van der Waals surface area contributed by atoms with Crippen LogP contribution in [0, 0.1) is 11.8 Å². The van der Waals surface area contributed by atoms with Crippen LogP contribution in [0.4, 0.5) is 5.69 Å². The first kappa shape index (κ1) is 29.0. The molecule has 2 aromatic carbocycles. The summed E-state index contributed by atoms with van der Waals surface area (Å²) in [6.45, 7) is 3.73. The second kappa shape index (κ2) is 12.5. The van der Waals surface area contributed by atoms with Gasteiger partial charge in [0, 0.05) is 23.7 Å². The molecule has 2 aromatic rings. The number of aliphatic hydroxyl groups excluding tert-OH is 1. The maximum atomic E-state index is 13.3. The van der Waals surface area contributed by atoms with Crippen LogP contribution >= 0.6 is 11.6 Å². The van der Waals surface area contributed by atoms with Gasteiger partial charge in [-0.05, 0) is 105 Å². The number of anilines is 1. The van der Waals surface area contributed by atoms with E-state index in [1.807, 2.05) is 24.3 Å². The monoisotopic (exact) mass is 586 g/mol. The lowest BCUT2D eigenvalue weighted by Gasteiger charge is -2.40. The molecule has 1 saturated carbocycles. The molecule has 3 aliphatic rings. The molecule has 216 valence electrons. The second-order valence-electron chi connectivity index (χ2n) is 11.3. The Labute approximate surface area is 242 Å². The van der Waals surface area contributed by atoms with Crippen LogP contribution in [0.5, 0.6) is 5.75 Å². The highest BCUT2D eigenvalue weighted by Gasteiger charge is 2.33. The number of nitrogens with one attached hydrogen (secondary N) is 1. The predicted molar refractivity (Wildman–Crippen MR) is 158 cm³/mol. The zero-order valence-electron chi connectivity index (χ0n) is 23.0. The van der Waals surface area contributed by atoms with Crippen molar-refractivity contribution < 1.29 is 23.1 Å². The van der Waals surface area contributed by atoms with Gasteiger partial charge in [0.15, 0.2) is 0 Å². The van der Waals surface area contributed by atoms with E-state index in [4.69, 9.17) is 16.3 Å². The third-order valence-corrected chi connectivity index (χ3v) is 10.8. The fourth-order valence-electron chi connectivity index (χ4n) is 6.01. The normalized spacial score (nSPS) is 28.0. The first-order valence-electron chi connectivity index (χ1n) is 14.4. The molecule has 0 radical (unpaired) electrons. The standard InChI is InChI=1S/C31H39ClN2O5S/c1-2-28-14-13-27(35)12-9-21-6-7-24(21)19-34-16-4-3-5-22-17-26(32)11-8-25(22)20-39-30-15-10-23(18-29(30)34)31(36)33-40(28,37)38/h8-12,15,17-18,21,24,27-28,35H,2-7,13-14,16,19-20H2,1H3,(H,33,36)/b12-9+/t21-,24-,27+,28+/m0/s1. The topological polar surface area (TPSA) is 95.9 Å². The van der Waals surface area contributed by atoms with Crippen molar-refractivity contribution >= 4 is 33.2 Å². The van der Waals surface area contributed by atoms with E-state index in [-0.39, 0.29) is 12.0 Å². The number of sulfonamides is 1. The molecule has 1 amide bonds. The average molecular weight is 587 g/mol. The van der Waals surface area contributed by atoms with Gasteiger partial charge in [0.25, 0.3) is 5.91 Å². The van der Waals surface area contributed by atoms with E-state index in [1.165, 1.54) is 5.56 Å². The Hall–Kier alpha value is -2.55. The Balaban J connectivity index is 1.53. The van der Waals surface area contributed by atoms with E-state index in [0.717, 1.165) is 56.4 Å². The molecule has 2 aliphatic heterocycles. The lowest BCUT2D eigenvalue weighted by atomic mass is 9.73. The van der Waals surface area contributed by atoms with E-state index in [9.17, 15) is 18.3 Å². The van der Waals surface area contributed by atoms with Crippen LogP contribution in [-0.2, 0) is 23.1 Å². The zero-order valence-corrected chi connectivity index (χ0v) is 24.6. The summed E-state index contributed by atoms with van der Waals surface area (Å²) >= 11 is 6.29. The Morgan fingerprint density at radius 3 is 2.67 bits per heavy atom. The first-order valence-corrected chi connectivity index (χ1v) is 16.4. The molecule has 2 bridgehead atoms. The number of aryl methyl sites for hydroxylation is 1. The van der Waals surface area contributed by atoms with Gasteiger partial charge in [-0.3, -0.25) is 4.79 Å². The number of hydrogen-bond donors (Lipinski definition) is 2. The SMILES string of the molecule is CC[C@@H]1CC[C@H](O)/C=C/[C@@H]2CC[C@H]2CN2CCCCc3cc(Cl)ccc3COc3ccc(cc32)C(=O)NS1(=O)=O. The highest BCUT2D eigenvalue weighted by atomic mass is 35.5. The number of carbonyl (C=O) groups is 1. The van der Waals surface area contributed by atoms with Crippen molar-refractivity contribution in [1.29, 1.82) is 0 Å². The molecular formula is C31H39ClN2O5S. The Morgan fingerprint density at radius 2 is 1.90 bits per heavy atom. The van der Waals surface area contributed by atoms with Crippen molar-refractivity contribution in [3.05, 3.63) is 70.3 Å². The largest absolute Gasteiger partial charge is 0.487 e. The van der Waals surface area contributed by atoms with E-state index in [2.05, 4.69) is 15.7 Å². The highest BCUT2D eigenvalue weighted by molar-refractivity contribution is 7.90. The molecule has 5 rings (SSSR count). The molecule has 9 heteroatoms. The number of fused-ring (bicyclic) bond motifs is 3. The molecule has 2 N–H and O–H groups in total. The number of aliphatic hydroxyl groups is 1. The Bertz CT molecular complexity index is 1360. The van der Waals surface area contributed by atoms with Crippen LogP contribution in [0.3, 0.4) is 0 Å². The van der Waals surface area contributed by atoms with Gasteiger partial charge < -0.3 is 14.7 Å². The number of amides is 1. The predicted octanol–water partition coefficient (Wildman–Crippen LogP) is 5.64. The summed E-state index contributed by atoms with van der Waals surface area (Å²) in [7, 11) is -3.92. The summed E-state index contributed by atoms with van der Waals surface area (Å²) in [5, 5.41) is 10.5. The van der Waals surface area contributed by atoms with Crippen molar-refractivity contribution in [3.8, 4) is 5.75 Å². The molecule has 0 unspecified atom stereocenters.